The third kappa shape index (κ3) is 7.35. The van der Waals surface area contributed by atoms with E-state index in [0.29, 0.717) is 30.9 Å². The molecule has 0 unspecified atom stereocenters. The van der Waals surface area contributed by atoms with Gasteiger partial charge in [0.15, 0.2) is 11.6 Å². The van der Waals surface area contributed by atoms with E-state index in [0.717, 1.165) is 56.7 Å². The van der Waals surface area contributed by atoms with E-state index in [-0.39, 0.29) is 37.1 Å². The highest BCUT2D eigenvalue weighted by Gasteiger charge is 2.34. The number of likely N-dealkylation sites (tertiary alicyclic amines) is 2. The molecule has 2 fully saturated rings. The number of urea groups is 1. The number of nitrogens with zero attached hydrogens (tertiary/aromatic N) is 3. The second-order valence-corrected chi connectivity index (χ2v) is 8.80. The minimum absolute atomic E-state index is 0. The molecule has 192 valence electrons. The Balaban J connectivity index is 0.00000216. The second kappa shape index (κ2) is 13.7. The smallest absolute Gasteiger partial charge is 0.324 e. The molecular formula is C25H32Cl2F2N4O2. The molecule has 2 aliphatic rings. The molecule has 35 heavy (non-hydrogen) atoms. The fourth-order valence-corrected chi connectivity index (χ4v) is 4.81. The molecule has 10 heteroatoms. The van der Waals surface area contributed by atoms with Crippen molar-refractivity contribution in [3.05, 3.63) is 65.5 Å². The van der Waals surface area contributed by atoms with Crippen molar-refractivity contribution >= 4 is 36.8 Å². The Morgan fingerprint density at radius 1 is 1.06 bits per heavy atom. The van der Waals surface area contributed by atoms with E-state index in [9.17, 15) is 18.4 Å². The molecule has 3 amide bonds. The Morgan fingerprint density at radius 3 is 2.51 bits per heavy atom. The number of halogens is 4. The van der Waals surface area contributed by atoms with Gasteiger partial charge in [-0.05, 0) is 81.6 Å². The number of piperidine rings is 2. The van der Waals surface area contributed by atoms with Gasteiger partial charge in [0.05, 0.1) is 6.04 Å². The highest BCUT2D eigenvalue weighted by Crippen LogP contribution is 2.32. The molecule has 0 spiro atoms. The summed E-state index contributed by atoms with van der Waals surface area (Å²) in [4.78, 5) is 33.3. The van der Waals surface area contributed by atoms with Crippen molar-refractivity contribution < 1.29 is 18.4 Å². The molecule has 0 saturated carbocycles. The highest BCUT2D eigenvalue weighted by molar-refractivity contribution is 5.95. The number of imide groups is 1. The summed E-state index contributed by atoms with van der Waals surface area (Å²) in [5.41, 5.74) is 1.60. The van der Waals surface area contributed by atoms with Crippen molar-refractivity contribution in [3.8, 4) is 0 Å². The van der Waals surface area contributed by atoms with Gasteiger partial charge in [0, 0.05) is 30.8 Å². The molecule has 1 atom stereocenters. The Bertz CT molecular complexity index is 975. The number of aromatic nitrogens is 1. The van der Waals surface area contributed by atoms with Gasteiger partial charge in [-0.25, -0.2) is 13.6 Å². The van der Waals surface area contributed by atoms with Gasteiger partial charge in [0.25, 0.3) is 0 Å². The summed E-state index contributed by atoms with van der Waals surface area (Å²) in [6.07, 6.45) is 6.19. The van der Waals surface area contributed by atoms with Crippen molar-refractivity contribution in [1.29, 1.82) is 0 Å². The first-order valence-corrected chi connectivity index (χ1v) is 11.7. The van der Waals surface area contributed by atoms with E-state index in [4.69, 9.17) is 0 Å². The summed E-state index contributed by atoms with van der Waals surface area (Å²) in [6.45, 7) is 3.32. The van der Waals surface area contributed by atoms with Crippen LogP contribution in [0, 0.1) is 11.6 Å². The molecule has 3 heterocycles. The average Bonchev–Trinajstić information content (AvgIpc) is 2.84. The third-order valence-corrected chi connectivity index (χ3v) is 6.62. The maximum absolute atomic E-state index is 13.7. The summed E-state index contributed by atoms with van der Waals surface area (Å²) in [5.74, 6) is -1.70. The van der Waals surface area contributed by atoms with Gasteiger partial charge in [-0.2, -0.15) is 0 Å². The van der Waals surface area contributed by atoms with Crippen LogP contribution in [0.4, 0.5) is 13.6 Å². The molecule has 0 aliphatic carbocycles. The molecule has 1 N–H and O–H groups in total. The van der Waals surface area contributed by atoms with Crippen LogP contribution in [0.15, 0.2) is 42.6 Å². The number of hydrogen-bond donors (Lipinski definition) is 1. The fourth-order valence-electron chi connectivity index (χ4n) is 4.81. The number of pyridine rings is 1. The molecule has 6 nitrogen and oxygen atoms in total. The van der Waals surface area contributed by atoms with Crippen molar-refractivity contribution in [1.82, 2.24) is 20.1 Å². The first kappa shape index (κ1) is 28.9. The quantitative estimate of drug-likeness (QED) is 0.521. The first-order chi connectivity index (χ1) is 16.0. The number of rotatable bonds is 6. The van der Waals surface area contributed by atoms with Crippen molar-refractivity contribution in [3.63, 3.8) is 0 Å². The molecule has 2 aromatic rings. The van der Waals surface area contributed by atoms with E-state index < -0.39 is 23.7 Å². The number of benzene rings is 1. The zero-order valence-electron chi connectivity index (χ0n) is 19.5. The average molecular weight is 529 g/mol. The van der Waals surface area contributed by atoms with Gasteiger partial charge >= 0.3 is 6.03 Å². The molecule has 2 aliphatic heterocycles. The van der Waals surface area contributed by atoms with E-state index >= 15 is 0 Å². The Morgan fingerprint density at radius 2 is 1.83 bits per heavy atom. The van der Waals surface area contributed by atoms with Gasteiger partial charge in [0.1, 0.15) is 0 Å². The lowest BCUT2D eigenvalue weighted by atomic mass is 9.93. The topological polar surface area (TPSA) is 65.5 Å². The first-order valence-electron chi connectivity index (χ1n) is 11.7. The number of amides is 3. The van der Waals surface area contributed by atoms with E-state index in [1.165, 1.54) is 11.0 Å². The van der Waals surface area contributed by atoms with Crippen LogP contribution < -0.4 is 5.32 Å². The fraction of sp³-hybridized carbons (Fsp3) is 0.480. The lowest BCUT2D eigenvalue weighted by Gasteiger charge is -2.34. The molecule has 4 rings (SSSR count). The molecule has 0 radical (unpaired) electrons. The molecule has 1 aromatic carbocycles. The summed E-state index contributed by atoms with van der Waals surface area (Å²) >= 11 is 0. The standard InChI is InChI=1S/C25H30F2N4O2.2ClH/c26-20-9-8-19(17-21(20)27)23-6-3-7-24(32)31(23)25(33)29-13-4-14-30-15-10-18(11-16-30)22-5-1-2-12-28-22;;/h1-2,5,8-9,12,17-18,23H,3-4,6-7,10-11,13-16H2,(H,29,33);2*1H/t23-;;/m0../s1. The summed E-state index contributed by atoms with van der Waals surface area (Å²) in [6, 6.07) is 8.56. The number of hydrogen-bond acceptors (Lipinski definition) is 4. The van der Waals surface area contributed by atoms with Gasteiger partial charge in [-0.1, -0.05) is 12.1 Å². The van der Waals surface area contributed by atoms with E-state index in [2.05, 4.69) is 21.3 Å². The zero-order valence-corrected chi connectivity index (χ0v) is 21.1. The van der Waals surface area contributed by atoms with Gasteiger partial charge in [-0.15, -0.1) is 24.8 Å². The monoisotopic (exact) mass is 528 g/mol. The number of carbonyl (C=O) groups excluding carboxylic acids is 2. The minimum Gasteiger partial charge on any atom is -0.338 e. The molecular weight excluding hydrogens is 497 g/mol. The van der Waals surface area contributed by atoms with Crippen molar-refractivity contribution in [2.24, 2.45) is 0 Å². The predicted octanol–water partition coefficient (Wildman–Crippen LogP) is 5.24. The zero-order chi connectivity index (χ0) is 23.2. The van der Waals surface area contributed by atoms with Crippen LogP contribution in [0.25, 0.3) is 0 Å². The van der Waals surface area contributed by atoms with Gasteiger partial charge in [-0.3, -0.25) is 14.7 Å². The van der Waals surface area contributed by atoms with E-state index in [1.54, 1.807) is 0 Å². The molecule has 2 saturated heterocycles. The molecule has 0 bridgehead atoms. The molecule has 1 aromatic heterocycles. The lowest BCUT2D eigenvalue weighted by molar-refractivity contribution is -0.132. The summed E-state index contributed by atoms with van der Waals surface area (Å²) in [5, 5.41) is 2.84. The summed E-state index contributed by atoms with van der Waals surface area (Å²) < 4.78 is 27.0. The van der Waals surface area contributed by atoms with E-state index in [1.807, 2.05) is 18.3 Å². The summed E-state index contributed by atoms with van der Waals surface area (Å²) in [7, 11) is 0. The maximum atomic E-state index is 13.7. The van der Waals surface area contributed by atoms with Crippen LogP contribution in [0.3, 0.4) is 0 Å². The van der Waals surface area contributed by atoms with Gasteiger partial charge < -0.3 is 10.2 Å². The Hall–Kier alpha value is -2.29. The van der Waals surface area contributed by atoms with Crippen molar-refractivity contribution in [2.75, 3.05) is 26.2 Å². The normalized spacial score (nSPS) is 19.0. The number of nitrogens with one attached hydrogen (secondary N) is 1. The van der Waals surface area contributed by atoms with Crippen LogP contribution in [-0.2, 0) is 4.79 Å². The van der Waals surface area contributed by atoms with Crippen LogP contribution in [0.2, 0.25) is 0 Å². The largest absolute Gasteiger partial charge is 0.338 e. The van der Waals surface area contributed by atoms with Crippen LogP contribution >= 0.6 is 24.8 Å². The third-order valence-electron chi connectivity index (χ3n) is 6.62. The van der Waals surface area contributed by atoms with Crippen LogP contribution in [0.5, 0.6) is 0 Å². The Labute approximate surface area is 217 Å². The predicted molar refractivity (Wildman–Crippen MR) is 135 cm³/mol. The minimum atomic E-state index is -0.974. The van der Waals surface area contributed by atoms with Crippen LogP contribution in [-0.4, -0.2) is 52.9 Å². The maximum Gasteiger partial charge on any atom is 0.324 e. The highest BCUT2D eigenvalue weighted by atomic mass is 35.5. The SMILES string of the molecule is Cl.Cl.O=C1CCC[C@@H](c2ccc(F)c(F)c2)N1C(=O)NCCCN1CCC(c2ccccn2)CC1. The second-order valence-electron chi connectivity index (χ2n) is 8.80. The number of carbonyl (C=O) groups is 2. The van der Waals surface area contributed by atoms with Gasteiger partial charge in [0.2, 0.25) is 5.91 Å². The van der Waals surface area contributed by atoms with Crippen LogP contribution in [0.1, 0.15) is 61.7 Å². The van der Waals surface area contributed by atoms with Crippen molar-refractivity contribution in [2.45, 2.75) is 50.5 Å². The Kier molecular flexibility index (Phi) is 11.3. The lowest BCUT2D eigenvalue weighted by Crippen LogP contribution is -2.48.